The summed E-state index contributed by atoms with van der Waals surface area (Å²) in [6.45, 7) is 0.613. The summed E-state index contributed by atoms with van der Waals surface area (Å²) in [5, 5.41) is 22.0. The summed E-state index contributed by atoms with van der Waals surface area (Å²) in [6, 6.07) is 20.5. The molecule has 0 atom stereocenters. The fourth-order valence-corrected chi connectivity index (χ4v) is 2.93. The van der Waals surface area contributed by atoms with Gasteiger partial charge in [-0.2, -0.15) is 15.6 Å². The monoisotopic (exact) mass is 426 g/mol. The molecule has 0 fully saturated rings. The molecule has 0 saturated heterocycles. The summed E-state index contributed by atoms with van der Waals surface area (Å²) in [4.78, 5) is 19.1. The van der Waals surface area contributed by atoms with Crippen LogP contribution in [-0.4, -0.2) is 22.8 Å². The van der Waals surface area contributed by atoms with E-state index >= 15 is 0 Å². The zero-order chi connectivity index (χ0) is 22.6. The number of unbranched alkanes of at least 4 members (excludes halogenated alkanes) is 3. The zero-order valence-corrected chi connectivity index (χ0v) is 17.4. The van der Waals surface area contributed by atoms with Crippen LogP contribution in [-0.2, 0) is 0 Å². The van der Waals surface area contributed by atoms with Crippen molar-refractivity contribution < 1.29 is 4.74 Å². The molecule has 160 valence electrons. The summed E-state index contributed by atoms with van der Waals surface area (Å²) >= 11 is 0. The molecule has 0 unspecified atom stereocenters. The van der Waals surface area contributed by atoms with Crippen molar-refractivity contribution in [1.82, 2.24) is 9.97 Å². The Morgan fingerprint density at radius 1 is 1.06 bits per heavy atom. The second-order valence-corrected chi connectivity index (χ2v) is 6.87. The number of aromatic nitrogens is 2. The first-order chi connectivity index (χ1) is 15.7. The number of hydrogen-bond donors (Lipinski definition) is 2. The second kappa shape index (κ2) is 11.7. The summed E-state index contributed by atoms with van der Waals surface area (Å²) in [5.74, 6) is 0.904. The average molecular weight is 426 g/mol. The molecule has 0 saturated carbocycles. The highest BCUT2D eigenvalue weighted by Crippen LogP contribution is 2.19. The number of ether oxygens (including phenoxy) is 1. The average Bonchev–Trinajstić information content (AvgIpc) is 2.82. The van der Waals surface area contributed by atoms with E-state index in [-0.39, 0.29) is 11.5 Å². The number of rotatable bonds is 10. The van der Waals surface area contributed by atoms with Gasteiger partial charge in [-0.25, -0.2) is 10.4 Å². The lowest BCUT2D eigenvalue weighted by molar-refractivity contribution is 0.305. The third kappa shape index (κ3) is 6.28. The molecule has 2 aromatic carbocycles. The highest BCUT2D eigenvalue weighted by atomic mass is 16.5. The lowest BCUT2D eigenvalue weighted by Crippen LogP contribution is -2.16. The smallest absolute Gasteiger partial charge is 0.270 e. The number of nitrogens with zero attached hydrogens (tertiary/aromatic N) is 4. The van der Waals surface area contributed by atoms with Crippen LogP contribution >= 0.6 is 0 Å². The van der Waals surface area contributed by atoms with Gasteiger partial charge in [-0.15, -0.1) is 0 Å². The van der Waals surface area contributed by atoms with Gasteiger partial charge in [-0.05, 0) is 49.1 Å². The molecule has 2 N–H and O–H groups in total. The van der Waals surface area contributed by atoms with Crippen molar-refractivity contribution in [1.29, 1.82) is 10.5 Å². The third-order valence-electron chi connectivity index (χ3n) is 4.54. The molecule has 32 heavy (non-hydrogen) atoms. The minimum Gasteiger partial charge on any atom is -0.494 e. The maximum atomic E-state index is 12.3. The first-order valence-corrected chi connectivity index (χ1v) is 10.2. The van der Waals surface area contributed by atoms with Crippen LogP contribution in [0, 0.1) is 22.7 Å². The molecule has 1 aromatic heterocycles. The molecule has 0 amide bonds. The van der Waals surface area contributed by atoms with Gasteiger partial charge in [-0.1, -0.05) is 30.3 Å². The SMILES string of the molecule is N#CCCCCCOc1ccc(C=NNc2nc(-c3ccccc3)c(C#N)c(=O)[nH]2)cc1. The first kappa shape index (κ1) is 22.3. The molecule has 8 nitrogen and oxygen atoms in total. The van der Waals surface area contributed by atoms with E-state index in [1.165, 1.54) is 0 Å². The van der Waals surface area contributed by atoms with E-state index in [1.807, 2.05) is 48.5 Å². The fourth-order valence-electron chi connectivity index (χ4n) is 2.93. The Bertz CT molecular complexity index is 1190. The predicted molar refractivity (Wildman–Crippen MR) is 122 cm³/mol. The van der Waals surface area contributed by atoms with Crippen molar-refractivity contribution in [3.8, 4) is 29.1 Å². The molecule has 8 heteroatoms. The quantitative estimate of drug-likeness (QED) is 0.284. The largest absolute Gasteiger partial charge is 0.494 e. The van der Waals surface area contributed by atoms with Crippen LogP contribution in [0.3, 0.4) is 0 Å². The highest BCUT2D eigenvalue weighted by molar-refractivity contribution is 5.80. The molecule has 3 aromatic rings. The molecule has 0 bridgehead atoms. The number of nitrogens with one attached hydrogen (secondary N) is 2. The van der Waals surface area contributed by atoms with Crippen LogP contribution in [0.15, 0.2) is 64.5 Å². The van der Waals surface area contributed by atoms with Gasteiger partial charge in [0.25, 0.3) is 5.56 Å². The van der Waals surface area contributed by atoms with Gasteiger partial charge < -0.3 is 4.74 Å². The van der Waals surface area contributed by atoms with E-state index in [0.29, 0.717) is 24.3 Å². The van der Waals surface area contributed by atoms with Gasteiger partial charge >= 0.3 is 0 Å². The Morgan fingerprint density at radius 2 is 1.84 bits per heavy atom. The minimum atomic E-state index is -0.534. The highest BCUT2D eigenvalue weighted by Gasteiger charge is 2.12. The molecule has 1 heterocycles. The molecule has 0 aliphatic heterocycles. The summed E-state index contributed by atoms with van der Waals surface area (Å²) < 4.78 is 5.69. The lowest BCUT2D eigenvalue weighted by Gasteiger charge is -2.06. The number of benzene rings is 2. The Kier molecular flexibility index (Phi) is 8.12. The predicted octanol–water partition coefficient (Wildman–Crippen LogP) is 4.22. The molecular weight excluding hydrogens is 404 g/mol. The van der Waals surface area contributed by atoms with Crippen molar-refractivity contribution in [2.24, 2.45) is 5.10 Å². The third-order valence-corrected chi connectivity index (χ3v) is 4.54. The van der Waals surface area contributed by atoms with Crippen molar-refractivity contribution >= 4 is 12.2 Å². The fraction of sp³-hybridized carbons (Fsp3) is 0.208. The van der Waals surface area contributed by atoms with Crippen LogP contribution in [0.5, 0.6) is 5.75 Å². The Balaban J connectivity index is 1.60. The van der Waals surface area contributed by atoms with Gasteiger partial charge in [0.05, 0.1) is 24.6 Å². The molecule has 0 aliphatic rings. The molecule has 0 aliphatic carbocycles. The maximum absolute atomic E-state index is 12.3. The summed E-state index contributed by atoms with van der Waals surface area (Å²) in [6.07, 6.45) is 4.96. The van der Waals surface area contributed by atoms with Gasteiger partial charge in [0.1, 0.15) is 17.4 Å². The van der Waals surface area contributed by atoms with Crippen LogP contribution < -0.4 is 15.7 Å². The Hall–Kier alpha value is -4.43. The molecular formula is C24H22N6O2. The van der Waals surface area contributed by atoms with Gasteiger partial charge in [-0.3, -0.25) is 9.78 Å². The molecule has 0 spiro atoms. The maximum Gasteiger partial charge on any atom is 0.270 e. The number of hydrogen-bond acceptors (Lipinski definition) is 7. The number of hydrazone groups is 1. The van der Waals surface area contributed by atoms with Gasteiger partial charge in [0.2, 0.25) is 5.95 Å². The Morgan fingerprint density at radius 3 is 2.56 bits per heavy atom. The second-order valence-electron chi connectivity index (χ2n) is 6.87. The summed E-state index contributed by atoms with van der Waals surface area (Å²) in [5.41, 5.74) is 3.92. The standard InChI is InChI=1S/C24H22N6O2/c25-14-6-1-2-7-15-32-20-12-10-18(11-13-20)17-27-30-24-28-22(19-8-4-3-5-9-19)21(16-26)23(31)29-24/h3-5,8-13,17H,1-2,6-7,15H2,(H2,28,29,30,31). The summed E-state index contributed by atoms with van der Waals surface area (Å²) in [7, 11) is 0. The zero-order valence-electron chi connectivity index (χ0n) is 17.4. The van der Waals surface area contributed by atoms with Crippen molar-refractivity contribution in [2.45, 2.75) is 25.7 Å². The number of nitriles is 2. The normalized spacial score (nSPS) is 10.4. The van der Waals surface area contributed by atoms with Crippen LogP contribution in [0.1, 0.15) is 36.8 Å². The van der Waals surface area contributed by atoms with Crippen molar-refractivity contribution in [3.05, 3.63) is 76.1 Å². The van der Waals surface area contributed by atoms with E-state index in [4.69, 9.17) is 10.00 Å². The number of aromatic amines is 1. The van der Waals surface area contributed by atoms with Crippen LogP contribution in [0.4, 0.5) is 5.95 Å². The van der Waals surface area contributed by atoms with E-state index < -0.39 is 5.56 Å². The van der Waals surface area contributed by atoms with E-state index in [1.54, 1.807) is 18.3 Å². The van der Waals surface area contributed by atoms with E-state index in [9.17, 15) is 10.1 Å². The van der Waals surface area contributed by atoms with Gasteiger partial charge in [0.15, 0.2) is 0 Å². The Labute approximate surface area is 185 Å². The van der Waals surface area contributed by atoms with E-state index in [0.717, 1.165) is 30.6 Å². The number of anilines is 1. The van der Waals surface area contributed by atoms with Crippen LogP contribution in [0.2, 0.25) is 0 Å². The molecule has 0 radical (unpaired) electrons. The minimum absolute atomic E-state index is 0.0496. The van der Waals surface area contributed by atoms with Crippen LogP contribution in [0.25, 0.3) is 11.3 Å². The topological polar surface area (TPSA) is 127 Å². The van der Waals surface area contributed by atoms with Crippen molar-refractivity contribution in [2.75, 3.05) is 12.0 Å². The molecule has 3 rings (SSSR count). The lowest BCUT2D eigenvalue weighted by atomic mass is 10.1. The van der Waals surface area contributed by atoms with E-state index in [2.05, 4.69) is 26.6 Å². The number of H-pyrrole nitrogens is 1. The first-order valence-electron chi connectivity index (χ1n) is 10.2. The van der Waals surface area contributed by atoms with Crippen molar-refractivity contribution in [3.63, 3.8) is 0 Å². The van der Waals surface area contributed by atoms with Gasteiger partial charge in [0, 0.05) is 12.0 Å².